The Morgan fingerprint density at radius 3 is 1.62 bits per heavy atom. The molecule has 1 unspecified atom stereocenters. The van der Waals surface area contributed by atoms with Crippen LogP contribution in [0.5, 0.6) is 0 Å². The number of hydrogen-bond donors (Lipinski definition) is 2. The van der Waals surface area contributed by atoms with Crippen LogP contribution >= 0.6 is 0 Å². The smallest absolute Gasteiger partial charge is 0.386 e. The van der Waals surface area contributed by atoms with Crippen LogP contribution in [-0.4, -0.2) is 16.4 Å². The van der Waals surface area contributed by atoms with Gasteiger partial charge in [-0.2, -0.15) is 13.2 Å². The summed E-state index contributed by atoms with van der Waals surface area (Å²) in [5.74, 6) is 0. The Kier molecular flexibility index (Phi) is 5.28. The third-order valence-electron chi connectivity index (χ3n) is 4.75. The molecule has 2 N–H and O–H groups in total. The van der Waals surface area contributed by atoms with Crippen LogP contribution in [0.15, 0.2) is 36.4 Å². The van der Waals surface area contributed by atoms with Crippen molar-refractivity contribution in [3.63, 3.8) is 0 Å². The molecule has 2 aromatic carbocycles. The van der Waals surface area contributed by atoms with Crippen molar-refractivity contribution in [3.8, 4) is 0 Å². The largest absolute Gasteiger partial charge is 0.421 e. The van der Waals surface area contributed by atoms with Crippen LogP contribution in [0, 0.1) is 13.8 Å². The summed E-state index contributed by atoms with van der Waals surface area (Å²) in [5, 5.41) is 20.3. The van der Waals surface area contributed by atoms with E-state index in [0.717, 1.165) is 23.6 Å². The molecule has 0 amide bonds. The number of aliphatic hydroxyl groups is 2. The molecule has 0 spiro atoms. The second-order valence-corrected chi connectivity index (χ2v) is 7.60. The van der Waals surface area contributed by atoms with Crippen molar-refractivity contribution < 1.29 is 23.4 Å². The van der Waals surface area contributed by atoms with Crippen molar-refractivity contribution in [3.05, 3.63) is 69.8 Å². The first-order chi connectivity index (χ1) is 11.7. The molecule has 2 nitrogen and oxygen atoms in total. The van der Waals surface area contributed by atoms with Crippen LogP contribution in [0.25, 0.3) is 0 Å². The molecular weight excluding hydrogens is 341 g/mol. The lowest BCUT2D eigenvalue weighted by atomic mass is 9.87. The van der Waals surface area contributed by atoms with E-state index in [9.17, 15) is 23.4 Å². The van der Waals surface area contributed by atoms with Crippen LogP contribution in [-0.2, 0) is 17.6 Å². The first-order valence-corrected chi connectivity index (χ1v) is 8.45. The van der Waals surface area contributed by atoms with Crippen LogP contribution in [0.3, 0.4) is 0 Å². The van der Waals surface area contributed by atoms with Crippen molar-refractivity contribution in [1.82, 2.24) is 0 Å². The molecule has 0 saturated carbocycles. The third-order valence-corrected chi connectivity index (χ3v) is 4.75. The second kappa shape index (κ2) is 6.71. The average Bonchev–Trinajstić information content (AvgIpc) is 2.48. The van der Waals surface area contributed by atoms with E-state index in [1.807, 2.05) is 25.1 Å². The minimum atomic E-state index is -4.76. The lowest BCUT2D eigenvalue weighted by Crippen LogP contribution is -2.39. The highest BCUT2D eigenvalue weighted by Gasteiger charge is 2.51. The van der Waals surface area contributed by atoms with Gasteiger partial charge in [-0.3, -0.25) is 0 Å². The van der Waals surface area contributed by atoms with Crippen molar-refractivity contribution in [1.29, 1.82) is 0 Å². The normalized spacial score (nSPS) is 15.0. The van der Waals surface area contributed by atoms with Gasteiger partial charge in [0.1, 0.15) is 0 Å². The van der Waals surface area contributed by atoms with Gasteiger partial charge in [0.25, 0.3) is 0 Å². The molecule has 2 rings (SSSR count). The van der Waals surface area contributed by atoms with Gasteiger partial charge in [-0.15, -0.1) is 0 Å². The topological polar surface area (TPSA) is 40.5 Å². The molecule has 0 bridgehead atoms. The van der Waals surface area contributed by atoms with Gasteiger partial charge in [0.2, 0.25) is 0 Å². The molecule has 0 aliphatic carbocycles. The SMILES string of the molecule is Cc1ccc(Cc2ccc(C)c(C(C)(O)C(F)(F)F)c2)cc1C(C)(C)O. The van der Waals surface area contributed by atoms with Gasteiger partial charge >= 0.3 is 6.18 Å². The van der Waals surface area contributed by atoms with Crippen LogP contribution < -0.4 is 0 Å². The predicted octanol–water partition coefficient (Wildman–Crippen LogP) is 4.89. The minimum absolute atomic E-state index is 0.141. The van der Waals surface area contributed by atoms with Crippen molar-refractivity contribution in [2.75, 3.05) is 0 Å². The van der Waals surface area contributed by atoms with E-state index in [1.165, 1.54) is 6.07 Å². The Hall–Kier alpha value is -1.85. The molecule has 26 heavy (non-hydrogen) atoms. The quantitative estimate of drug-likeness (QED) is 0.809. The molecule has 0 fully saturated rings. The van der Waals surface area contributed by atoms with Gasteiger partial charge < -0.3 is 10.2 Å². The minimum Gasteiger partial charge on any atom is -0.386 e. The fourth-order valence-corrected chi connectivity index (χ4v) is 3.13. The Morgan fingerprint density at radius 1 is 0.769 bits per heavy atom. The first kappa shape index (κ1) is 20.5. The summed E-state index contributed by atoms with van der Waals surface area (Å²) < 4.78 is 39.6. The molecule has 0 aliphatic rings. The fourth-order valence-electron chi connectivity index (χ4n) is 3.13. The van der Waals surface area contributed by atoms with E-state index < -0.39 is 17.4 Å². The summed E-state index contributed by atoms with van der Waals surface area (Å²) in [6, 6.07) is 10.4. The molecule has 0 radical (unpaired) electrons. The number of aryl methyl sites for hydroxylation is 2. The molecule has 1 atom stereocenters. The van der Waals surface area contributed by atoms with E-state index in [-0.39, 0.29) is 5.56 Å². The first-order valence-electron chi connectivity index (χ1n) is 8.45. The highest BCUT2D eigenvalue weighted by molar-refractivity contribution is 5.41. The van der Waals surface area contributed by atoms with Gasteiger partial charge in [0.15, 0.2) is 5.60 Å². The number of hydrogen-bond acceptors (Lipinski definition) is 2. The lowest BCUT2D eigenvalue weighted by molar-refractivity contribution is -0.259. The third kappa shape index (κ3) is 4.10. The standard InChI is InChI=1S/C21H25F3O2/c1-13-6-8-15(11-17(13)19(3,4)25)10-16-9-7-14(2)18(12-16)20(5,26)21(22,23)24/h6-9,11-12,25-26H,10H2,1-5H3. The number of halogens is 3. The van der Waals surface area contributed by atoms with Gasteiger partial charge in [-0.1, -0.05) is 36.4 Å². The maximum absolute atomic E-state index is 13.2. The molecule has 0 aliphatic heterocycles. The monoisotopic (exact) mass is 366 g/mol. The van der Waals surface area contributed by atoms with E-state index in [1.54, 1.807) is 32.9 Å². The lowest BCUT2D eigenvalue weighted by Gasteiger charge is -2.28. The van der Waals surface area contributed by atoms with E-state index in [2.05, 4.69) is 0 Å². The van der Waals surface area contributed by atoms with Crippen molar-refractivity contribution in [2.24, 2.45) is 0 Å². The fraction of sp³-hybridized carbons (Fsp3) is 0.429. The summed E-state index contributed by atoms with van der Waals surface area (Å²) in [6.07, 6.45) is -4.35. The number of rotatable bonds is 4. The van der Waals surface area contributed by atoms with Gasteiger partial charge in [-0.25, -0.2) is 0 Å². The summed E-state index contributed by atoms with van der Waals surface area (Å²) >= 11 is 0. The molecule has 2 aromatic rings. The molecule has 0 saturated heterocycles. The zero-order chi connectivity index (χ0) is 19.9. The predicted molar refractivity (Wildman–Crippen MR) is 96.0 cm³/mol. The van der Waals surface area contributed by atoms with Crippen LogP contribution in [0.4, 0.5) is 13.2 Å². The maximum atomic E-state index is 13.2. The Bertz CT molecular complexity index is 800. The highest BCUT2D eigenvalue weighted by atomic mass is 19.4. The summed E-state index contributed by atoms with van der Waals surface area (Å²) in [7, 11) is 0. The summed E-state index contributed by atoms with van der Waals surface area (Å²) in [5.41, 5.74) is -0.378. The zero-order valence-electron chi connectivity index (χ0n) is 15.7. The van der Waals surface area contributed by atoms with Crippen LogP contribution in [0.1, 0.15) is 54.2 Å². The van der Waals surface area contributed by atoms with E-state index in [4.69, 9.17) is 0 Å². The second-order valence-electron chi connectivity index (χ2n) is 7.60. The number of benzene rings is 2. The zero-order valence-corrected chi connectivity index (χ0v) is 15.7. The molecular formula is C21H25F3O2. The maximum Gasteiger partial charge on any atom is 0.421 e. The Morgan fingerprint density at radius 2 is 1.19 bits per heavy atom. The average molecular weight is 366 g/mol. The summed E-state index contributed by atoms with van der Waals surface area (Å²) in [6.45, 7) is 7.63. The molecule has 0 heterocycles. The van der Waals surface area contributed by atoms with Gasteiger partial charge in [0.05, 0.1) is 5.60 Å². The van der Waals surface area contributed by atoms with Gasteiger partial charge in [0, 0.05) is 0 Å². The van der Waals surface area contributed by atoms with E-state index in [0.29, 0.717) is 17.5 Å². The van der Waals surface area contributed by atoms with Crippen molar-refractivity contribution >= 4 is 0 Å². The van der Waals surface area contributed by atoms with Gasteiger partial charge in [-0.05, 0) is 74.4 Å². The van der Waals surface area contributed by atoms with Crippen LogP contribution in [0.2, 0.25) is 0 Å². The van der Waals surface area contributed by atoms with Crippen molar-refractivity contribution in [2.45, 2.75) is 58.4 Å². The molecule has 0 aromatic heterocycles. The Balaban J connectivity index is 2.42. The van der Waals surface area contributed by atoms with E-state index >= 15 is 0 Å². The summed E-state index contributed by atoms with van der Waals surface area (Å²) in [4.78, 5) is 0. The molecule has 5 heteroatoms. The Labute approximate surface area is 152 Å². The molecule has 142 valence electrons. The highest BCUT2D eigenvalue weighted by Crippen LogP contribution is 2.40. The number of alkyl halides is 3.